The molecule has 1 saturated carbocycles. The lowest BCUT2D eigenvalue weighted by Crippen LogP contribution is -2.28. The number of nitrogens with zero attached hydrogens (tertiary/aromatic N) is 3. The van der Waals surface area contributed by atoms with Crippen LogP contribution in [0.4, 0.5) is 33.7 Å². The first-order chi connectivity index (χ1) is 18.0. The van der Waals surface area contributed by atoms with Gasteiger partial charge in [-0.05, 0) is 37.3 Å². The quantitative estimate of drug-likeness (QED) is 0.238. The van der Waals surface area contributed by atoms with Gasteiger partial charge < -0.3 is 19.2 Å². The molecule has 2 aromatic heterocycles. The molecule has 3 aromatic rings. The molecule has 0 saturated heterocycles. The van der Waals surface area contributed by atoms with Gasteiger partial charge in [0.25, 0.3) is 5.89 Å². The SMILES string of the molecule is COC(=O)C1CCC(Oc2ccc(CC(=O)c3nnc(Nc4cc(C(F)(F)F)c(F)cc4F)o3)cn2)CC1. The van der Waals surface area contributed by atoms with Crippen LogP contribution >= 0.6 is 0 Å². The first-order valence-electron chi connectivity index (χ1n) is 11.4. The number of nitrogens with one attached hydrogen (secondary N) is 1. The van der Waals surface area contributed by atoms with Crippen LogP contribution in [0.25, 0.3) is 0 Å². The number of alkyl halides is 3. The van der Waals surface area contributed by atoms with Gasteiger partial charge in [-0.2, -0.15) is 13.2 Å². The fourth-order valence-corrected chi connectivity index (χ4v) is 3.96. The zero-order valence-corrected chi connectivity index (χ0v) is 19.8. The van der Waals surface area contributed by atoms with Gasteiger partial charge >= 0.3 is 18.2 Å². The molecule has 0 unspecified atom stereocenters. The summed E-state index contributed by atoms with van der Waals surface area (Å²) in [5, 5.41) is 9.12. The number of ether oxygens (including phenoxy) is 2. The van der Waals surface area contributed by atoms with Gasteiger partial charge in [0.15, 0.2) is 0 Å². The zero-order chi connectivity index (χ0) is 27.4. The van der Waals surface area contributed by atoms with E-state index in [4.69, 9.17) is 13.9 Å². The van der Waals surface area contributed by atoms with Crippen molar-refractivity contribution in [2.24, 2.45) is 5.92 Å². The van der Waals surface area contributed by atoms with Crippen LogP contribution in [0.2, 0.25) is 0 Å². The first kappa shape index (κ1) is 26.9. The number of carbonyl (C=O) groups is 2. The summed E-state index contributed by atoms with van der Waals surface area (Å²) in [6, 6.07) is 2.93. The Balaban J connectivity index is 1.33. The predicted molar refractivity (Wildman–Crippen MR) is 120 cm³/mol. The van der Waals surface area contributed by atoms with E-state index in [0.717, 1.165) is 0 Å². The van der Waals surface area contributed by atoms with Crippen LogP contribution in [0.3, 0.4) is 0 Å². The summed E-state index contributed by atoms with van der Waals surface area (Å²) >= 11 is 0. The van der Waals surface area contributed by atoms with Gasteiger partial charge in [0, 0.05) is 24.8 Å². The topological polar surface area (TPSA) is 116 Å². The number of halogens is 5. The Labute approximate surface area is 212 Å². The van der Waals surface area contributed by atoms with Crippen molar-refractivity contribution in [1.29, 1.82) is 0 Å². The number of aromatic nitrogens is 3. The monoisotopic (exact) mass is 540 g/mol. The van der Waals surface area contributed by atoms with E-state index in [-0.39, 0.29) is 36.5 Å². The van der Waals surface area contributed by atoms with Gasteiger partial charge in [-0.3, -0.25) is 9.59 Å². The molecule has 14 heteroatoms. The van der Waals surface area contributed by atoms with Crippen molar-refractivity contribution in [2.45, 2.75) is 44.4 Å². The number of Topliss-reactive ketones (excluding diaryl/α,β-unsaturated/α-hetero) is 1. The standard InChI is InChI=1S/C24H21F5N4O5/c1-36-22(35)13-3-5-14(6-4-13)37-20-7-2-12(11-30-20)8-19(34)21-32-33-23(38-21)31-18-9-15(24(27,28)29)16(25)10-17(18)26/h2,7,9-11,13-14H,3-6,8H2,1H3,(H,31,33). The summed E-state index contributed by atoms with van der Waals surface area (Å²) in [6.45, 7) is 0. The van der Waals surface area contributed by atoms with E-state index in [1.54, 1.807) is 12.1 Å². The number of carbonyl (C=O) groups excluding carboxylic acids is 2. The Hall–Kier alpha value is -4.10. The van der Waals surface area contributed by atoms with Crippen LogP contribution in [0, 0.1) is 17.6 Å². The molecule has 0 amide bonds. The highest BCUT2D eigenvalue weighted by molar-refractivity contribution is 5.93. The average Bonchev–Trinajstić information content (AvgIpc) is 3.35. The van der Waals surface area contributed by atoms with Crippen molar-refractivity contribution in [3.8, 4) is 5.88 Å². The molecule has 38 heavy (non-hydrogen) atoms. The van der Waals surface area contributed by atoms with Crippen molar-refractivity contribution in [1.82, 2.24) is 15.2 Å². The maximum absolute atomic E-state index is 13.9. The molecule has 0 bridgehead atoms. The number of benzene rings is 1. The highest BCUT2D eigenvalue weighted by Gasteiger charge is 2.35. The van der Waals surface area contributed by atoms with Gasteiger partial charge in [0.1, 0.15) is 17.7 Å². The molecular weight excluding hydrogens is 519 g/mol. The highest BCUT2D eigenvalue weighted by Crippen LogP contribution is 2.35. The molecular formula is C24H21F5N4O5. The summed E-state index contributed by atoms with van der Waals surface area (Å²) in [6.07, 6.45) is -1.26. The summed E-state index contributed by atoms with van der Waals surface area (Å²) in [7, 11) is 1.36. The second-order valence-electron chi connectivity index (χ2n) is 8.57. The molecule has 202 valence electrons. The van der Waals surface area contributed by atoms with Gasteiger partial charge in [-0.1, -0.05) is 11.2 Å². The number of anilines is 2. The number of methoxy groups -OCH3 is 1. The third kappa shape index (κ3) is 6.42. The molecule has 0 radical (unpaired) electrons. The fourth-order valence-electron chi connectivity index (χ4n) is 3.96. The van der Waals surface area contributed by atoms with Gasteiger partial charge in [-0.25, -0.2) is 13.8 Å². The molecule has 9 nitrogen and oxygen atoms in total. The van der Waals surface area contributed by atoms with Gasteiger partial charge in [-0.15, -0.1) is 5.10 Å². The molecule has 1 N–H and O–H groups in total. The molecule has 1 aliphatic rings. The maximum Gasteiger partial charge on any atom is 0.419 e. The number of esters is 1. The Morgan fingerprint density at radius 2 is 1.82 bits per heavy atom. The lowest BCUT2D eigenvalue weighted by molar-refractivity contribution is -0.147. The minimum atomic E-state index is -5.05. The molecule has 1 aromatic carbocycles. The molecule has 2 heterocycles. The Morgan fingerprint density at radius 3 is 2.45 bits per heavy atom. The fraction of sp³-hybridized carbons (Fsp3) is 0.375. The zero-order valence-electron chi connectivity index (χ0n) is 19.8. The van der Waals surface area contributed by atoms with E-state index in [2.05, 4.69) is 20.5 Å². The first-order valence-corrected chi connectivity index (χ1v) is 11.4. The third-order valence-electron chi connectivity index (χ3n) is 5.93. The minimum absolute atomic E-state index is 0.0707. The molecule has 0 spiro atoms. The summed E-state index contributed by atoms with van der Waals surface area (Å²) in [4.78, 5) is 28.3. The molecule has 0 aliphatic heterocycles. The van der Waals surface area contributed by atoms with Crippen LogP contribution in [-0.2, 0) is 22.1 Å². The van der Waals surface area contributed by atoms with E-state index < -0.39 is 46.8 Å². The van der Waals surface area contributed by atoms with Crippen molar-refractivity contribution in [3.05, 3.63) is 59.1 Å². The van der Waals surface area contributed by atoms with E-state index in [1.165, 1.54) is 13.3 Å². The smallest absolute Gasteiger partial charge is 0.419 e. The van der Waals surface area contributed by atoms with E-state index >= 15 is 0 Å². The minimum Gasteiger partial charge on any atom is -0.474 e. The van der Waals surface area contributed by atoms with Crippen LogP contribution in [0.15, 0.2) is 34.9 Å². The molecule has 1 aliphatic carbocycles. The normalized spacial score (nSPS) is 17.6. The summed E-state index contributed by atoms with van der Waals surface area (Å²) in [5.41, 5.74) is -1.96. The van der Waals surface area contributed by atoms with E-state index in [9.17, 15) is 31.5 Å². The van der Waals surface area contributed by atoms with Crippen molar-refractivity contribution in [3.63, 3.8) is 0 Å². The van der Waals surface area contributed by atoms with Crippen molar-refractivity contribution < 1.29 is 45.4 Å². The van der Waals surface area contributed by atoms with Gasteiger partial charge in [0.2, 0.25) is 11.7 Å². The average molecular weight is 540 g/mol. The second kappa shape index (κ2) is 11.1. The Bertz CT molecular complexity index is 1300. The lowest BCUT2D eigenvalue weighted by atomic mass is 9.87. The van der Waals surface area contributed by atoms with Gasteiger partial charge in [0.05, 0.1) is 24.3 Å². The Morgan fingerprint density at radius 1 is 1.08 bits per heavy atom. The number of hydrogen-bond acceptors (Lipinski definition) is 9. The number of pyridine rings is 1. The lowest BCUT2D eigenvalue weighted by Gasteiger charge is -2.27. The number of hydrogen-bond donors (Lipinski definition) is 1. The van der Waals surface area contributed by atoms with Crippen LogP contribution in [0.1, 0.15) is 47.5 Å². The van der Waals surface area contributed by atoms with E-state index in [1.807, 2.05) is 0 Å². The number of rotatable bonds is 8. The summed E-state index contributed by atoms with van der Waals surface area (Å²) < 4.78 is 81.8. The maximum atomic E-state index is 13.9. The largest absolute Gasteiger partial charge is 0.474 e. The molecule has 0 atom stereocenters. The highest BCUT2D eigenvalue weighted by atomic mass is 19.4. The summed E-state index contributed by atoms with van der Waals surface area (Å²) in [5.74, 6) is -4.21. The third-order valence-corrected chi connectivity index (χ3v) is 5.93. The van der Waals surface area contributed by atoms with E-state index in [0.29, 0.717) is 37.1 Å². The number of ketones is 1. The van der Waals surface area contributed by atoms with Crippen molar-refractivity contribution in [2.75, 3.05) is 12.4 Å². The van der Waals surface area contributed by atoms with Crippen LogP contribution < -0.4 is 10.1 Å². The second-order valence-corrected chi connectivity index (χ2v) is 8.57. The predicted octanol–water partition coefficient (Wildman–Crippen LogP) is 5.04. The van der Waals surface area contributed by atoms with Crippen molar-refractivity contribution >= 4 is 23.5 Å². The molecule has 1 fully saturated rings. The van der Waals surface area contributed by atoms with Crippen LogP contribution in [-0.4, -0.2) is 40.1 Å². The van der Waals surface area contributed by atoms with Crippen LogP contribution in [0.5, 0.6) is 5.88 Å². The molecule has 4 rings (SSSR count). The Kier molecular flexibility index (Phi) is 7.88.